The smallest absolute Gasteiger partial charge is 0.124 e. The molecule has 0 spiro atoms. The molecule has 0 bridgehead atoms. The van der Waals surface area contributed by atoms with E-state index in [0.29, 0.717) is 5.25 Å². The normalized spacial score (nSPS) is 21.7. The van der Waals surface area contributed by atoms with Crippen molar-refractivity contribution in [2.45, 2.75) is 18.2 Å². The third-order valence-corrected chi connectivity index (χ3v) is 5.86. The van der Waals surface area contributed by atoms with Gasteiger partial charge in [0.1, 0.15) is 11.5 Å². The van der Waals surface area contributed by atoms with Crippen molar-refractivity contribution in [3.05, 3.63) is 23.8 Å². The maximum Gasteiger partial charge on any atom is 0.124 e. The molecular weight excluding hydrogens is 266 g/mol. The summed E-state index contributed by atoms with van der Waals surface area (Å²) in [6.45, 7) is 2.99. The Morgan fingerprint density at radius 1 is 1.39 bits per heavy atom. The van der Waals surface area contributed by atoms with Gasteiger partial charge in [-0.25, -0.2) is 0 Å². The molecule has 1 aliphatic heterocycles. The van der Waals surface area contributed by atoms with E-state index in [9.17, 15) is 10.2 Å². The molecule has 3 nitrogen and oxygen atoms in total. The number of aromatic hydroxyl groups is 2. The van der Waals surface area contributed by atoms with E-state index >= 15 is 0 Å². The van der Waals surface area contributed by atoms with Crippen LogP contribution in [0, 0.1) is 0 Å². The zero-order valence-corrected chi connectivity index (χ0v) is 12.1. The Morgan fingerprint density at radius 2 is 2.22 bits per heavy atom. The van der Waals surface area contributed by atoms with Crippen LogP contribution in [0.3, 0.4) is 0 Å². The first-order valence-electron chi connectivity index (χ1n) is 6.11. The summed E-state index contributed by atoms with van der Waals surface area (Å²) in [5.41, 5.74) is 0.835. The highest BCUT2D eigenvalue weighted by Crippen LogP contribution is 2.28. The third kappa shape index (κ3) is 3.73. The van der Waals surface area contributed by atoms with Crippen molar-refractivity contribution in [3.8, 4) is 11.5 Å². The summed E-state index contributed by atoms with van der Waals surface area (Å²) < 4.78 is 0. The van der Waals surface area contributed by atoms with Crippen LogP contribution in [0.1, 0.15) is 18.5 Å². The summed E-state index contributed by atoms with van der Waals surface area (Å²) in [7, 11) is 0. The lowest BCUT2D eigenvalue weighted by molar-refractivity contribution is 0.436. The average molecular weight is 285 g/mol. The van der Waals surface area contributed by atoms with Gasteiger partial charge in [0, 0.05) is 46.7 Å². The van der Waals surface area contributed by atoms with Gasteiger partial charge in [0.05, 0.1) is 0 Å². The highest BCUT2D eigenvalue weighted by Gasteiger charge is 2.16. The second kappa shape index (κ2) is 6.59. The molecule has 0 amide bonds. The minimum absolute atomic E-state index is 0.0955. The van der Waals surface area contributed by atoms with Crippen LogP contribution in [-0.4, -0.2) is 39.3 Å². The Kier molecular flexibility index (Phi) is 5.09. The van der Waals surface area contributed by atoms with Crippen LogP contribution in [0.5, 0.6) is 11.5 Å². The van der Waals surface area contributed by atoms with E-state index in [1.807, 2.05) is 30.4 Å². The predicted octanol–water partition coefficient (Wildman–Crippen LogP) is 2.60. The summed E-state index contributed by atoms with van der Waals surface area (Å²) in [4.78, 5) is 0. The molecule has 0 radical (unpaired) electrons. The topological polar surface area (TPSA) is 52.5 Å². The Hall–Kier alpha value is -0.520. The fourth-order valence-electron chi connectivity index (χ4n) is 1.97. The summed E-state index contributed by atoms with van der Waals surface area (Å²) >= 11 is 4.03. The van der Waals surface area contributed by atoms with Gasteiger partial charge in [0.15, 0.2) is 0 Å². The molecular formula is C13H19NO2S2. The van der Waals surface area contributed by atoms with Crippen LogP contribution >= 0.6 is 23.5 Å². The molecule has 1 aromatic rings. The van der Waals surface area contributed by atoms with Gasteiger partial charge in [-0.1, -0.05) is 6.07 Å². The Morgan fingerprint density at radius 3 is 2.89 bits per heavy atom. The molecule has 2 unspecified atom stereocenters. The van der Waals surface area contributed by atoms with Crippen molar-refractivity contribution in [1.29, 1.82) is 0 Å². The van der Waals surface area contributed by atoms with Gasteiger partial charge < -0.3 is 15.5 Å². The highest BCUT2D eigenvalue weighted by molar-refractivity contribution is 8.06. The Labute approximate surface area is 116 Å². The van der Waals surface area contributed by atoms with Gasteiger partial charge in [0.2, 0.25) is 0 Å². The number of phenolic OH excluding ortho intramolecular Hbond substituents is 2. The van der Waals surface area contributed by atoms with E-state index in [2.05, 4.69) is 5.32 Å². The molecule has 5 heteroatoms. The minimum Gasteiger partial charge on any atom is -0.508 e. The molecule has 2 rings (SSSR count). The lowest BCUT2D eigenvalue weighted by atomic mass is 10.1. The van der Waals surface area contributed by atoms with Gasteiger partial charge in [-0.05, 0) is 13.0 Å². The highest BCUT2D eigenvalue weighted by atomic mass is 32.2. The fourth-order valence-corrected chi connectivity index (χ4v) is 4.60. The maximum atomic E-state index is 9.79. The SMILES string of the molecule is CC(NCC1CSCCS1)c1ccc(O)cc1O. The monoisotopic (exact) mass is 285 g/mol. The molecule has 1 saturated heterocycles. The number of hydrogen-bond acceptors (Lipinski definition) is 5. The van der Waals surface area contributed by atoms with Crippen LogP contribution in [0.2, 0.25) is 0 Å². The summed E-state index contributed by atoms with van der Waals surface area (Å²) in [5, 5.41) is 23.2. The largest absolute Gasteiger partial charge is 0.508 e. The number of hydrogen-bond donors (Lipinski definition) is 3. The van der Waals surface area contributed by atoms with E-state index in [4.69, 9.17) is 0 Å². The number of benzene rings is 1. The van der Waals surface area contributed by atoms with E-state index in [-0.39, 0.29) is 17.5 Å². The van der Waals surface area contributed by atoms with Crippen molar-refractivity contribution in [1.82, 2.24) is 5.32 Å². The molecule has 100 valence electrons. The van der Waals surface area contributed by atoms with Gasteiger partial charge in [-0.15, -0.1) is 0 Å². The molecule has 1 fully saturated rings. The summed E-state index contributed by atoms with van der Waals surface area (Å²) in [5.74, 6) is 3.94. The number of thioether (sulfide) groups is 2. The van der Waals surface area contributed by atoms with E-state index < -0.39 is 0 Å². The predicted molar refractivity (Wildman–Crippen MR) is 79.8 cm³/mol. The second-order valence-corrected chi connectivity index (χ2v) is 7.00. The first-order valence-corrected chi connectivity index (χ1v) is 8.32. The molecule has 1 aliphatic rings. The number of nitrogens with one attached hydrogen (secondary N) is 1. The molecule has 18 heavy (non-hydrogen) atoms. The van der Waals surface area contributed by atoms with Crippen LogP contribution < -0.4 is 5.32 Å². The van der Waals surface area contributed by atoms with Crippen LogP contribution in [-0.2, 0) is 0 Å². The maximum absolute atomic E-state index is 9.79. The molecule has 2 atom stereocenters. The lowest BCUT2D eigenvalue weighted by Crippen LogP contribution is -2.30. The fraction of sp³-hybridized carbons (Fsp3) is 0.538. The van der Waals surface area contributed by atoms with Gasteiger partial charge in [-0.2, -0.15) is 23.5 Å². The lowest BCUT2D eigenvalue weighted by Gasteiger charge is -2.24. The Bertz CT molecular complexity index is 395. The van der Waals surface area contributed by atoms with E-state index in [1.165, 1.54) is 23.3 Å². The van der Waals surface area contributed by atoms with Crippen LogP contribution in [0.15, 0.2) is 18.2 Å². The zero-order chi connectivity index (χ0) is 13.0. The number of phenols is 2. The quantitative estimate of drug-likeness (QED) is 0.794. The van der Waals surface area contributed by atoms with Crippen molar-refractivity contribution >= 4 is 23.5 Å². The number of rotatable bonds is 4. The standard InChI is InChI=1S/C13H19NO2S2/c1-9(12-3-2-10(15)6-13(12)16)14-7-11-8-17-4-5-18-11/h2-3,6,9,11,14-16H,4-5,7-8H2,1H3. The first kappa shape index (κ1) is 13.9. The molecule has 3 N–H and O–H groups in total. The van der Waals surface area contributed by atoms with Crippen molar-refractivity contribution in [3.63, 3.8) is 0 Å². The molecule has 1 aromatic carbocycles. The first-order chi connectivity index (χ1) is 8.66. The van der Waals surface area contributed by atoms with E-state index in [0.717, 1.165) is 12.1 Å². The second-order valence-electron chi connectivity index (χ2n) is 4.44. The van der Waals surface area contributed by atoms with E-state index in [1.54, 1.807) is 12.1 Å². The average Bonchev–Trinajstić information content (AvgIpc) is 2.37. The molecule has 0 saturated carbocycles. The Balaban J connectivity index is 1.88. The van der Waals surface area contributed by atoms with Crippen molar-refractivity contribution < 1.29 is 10.2 Å². The van der Waals surface area contributed by atoms with Crippen molar-refractivity contribution in [2.75, 3.05) is 23.8 Å². The zero-order valence-electron chi connectivity index (χ0n) is 10.4. The van der Waals surface area contributed by atoms with Crippen LogP contribution in [0.4, 0.5) is 0 Å². The summed E-state index contributed by atoms with van der Waals surface area (Å²) in [6.07, 6.45) is 0. The van der Waals surface area contributed by atoms with Crippen molar-refractivity contribution in [2.24, 2.45) is 0 Å². The van der Waals surface area contributed by atoms with Gasteiger partial charge in [0.25, 0.3) is 0 Å². The summed E-state index contributed by atoms with van der Waals surface area (Å²) in [6, 6.07) is 4.86. The van der Waals surface area contributed by atoms with Gasteiger partial charge in [-0.3, -0.25) is 0 Å². The molecule has 0 aliphatic carbocycles. The third-order valence-electron chi connectivity index (χ3n) is 3.02. The van der Waals surface area contributed by atoms with Gasteiger partial charge >= 0.3 is 0 Å². The van der Waals surface area contributed by atoms with Crippen LogP contribution in [0.25, 0.3) is 0 Å². The molecule has 0 aromatic heterocycles. The molecule has 1 heterocycles. The minimum atomic E-state index is 0.0955.